The summed E-state index contributed by atoms with van der Waals surface area (Å²) in [6.45, 7) is 2.56. The standard InChI is InChI=1S/C6H9ClN2O2S/c1-2-3-9-5-8-4-6(9)12(7,10)11/h4-5H,2-3H2,1H3. The molecule has 1 heterocycles. The zero-order valence-electron chi connectivity index (χ0n) is 6.57. The van der Waals surface area contributed by atoms with Gasteiger partial charge in [-0.25, -0.2) is 13.4 Å². The Morgan fingerprint density at radius 2 is 2.33 bits per heavy atom. The molecule has 0 radical (unpaired) electrons. The first-order valence-electron chi connectivity index (χ1n) is 3.50. The molecule has 0 N–H and O–H groups in total. The quantitative estimate of drug-likeness (QED) is 0.702. The van der Waals surface area contributed by atoms with Crippen LogP contribution in [0.25, 0.3) is 0 Å². The van der Waals surface area contributed by atoms with Crippen molar-refractivity contribution in [1.29, 1.82) is 0 Å². The van der Waals surface area contributed by atoms with E-state index in [1.807, 2.05) is 6.92 Å². The monoisotopic (exact) mass is 208 g/mol. The number of halogens is 1. The van der Waals surface area contributed by atoms with E-state index in [1.165, 1.54) is 17.1 Å². The molecule has 1 rings (SSSR count). The molecule has 1 aromatic heterocycles. The maximum atomic E-state index is 10.9. The molecule has 0 amide bonds. The Bertz CT molecular complexity index is 357. The molecular weight excluding hydrogens is 200 g/mol. The van der Waals surface area contributed by atoms with Crippen LogP contribution in [0.5, 0.6) is 0 Å². The molecule has 0 unspecified atom stereocenters. The summed E-state index contributed by atoms with van der Waals surface area (Å²) in [5, 5.41) is 0.0611. The smallest absolute Gasteiger partial charge is 0.278 e. The van der Waals surface area contributed by atoms with Gasteiger partial charge >= 0.3 is 0 Å². The topological polar surface area (TPSA) is 52.0 Å². The number of nitrogens with zero attached hydrogens (tertiary/aromatic N) is 2. The summed E-state index contributed by atoms with van der Waals surface area (Å²) in [6, 6.07) is 0. The van der Waals surface area contributed by atoms with Gasteiger partial charge in [0.05, 0.1) is 12.5 Å². The van der Waals surface area contributed by atoms with Gasteiger partial charge in [-0.15, -0.1) is 0 Å². The Hall–Kier alpha value is -0.550. The molecule has 68 valence electrons. The fraction of sp³-hybridized carbons (Fsp3) is 0.500. The predicted molar refractivity (Wildman–Crippen MR) is 45.6 cm³/mol. The Labute approximate surface area is 75.6 Å². The van der Waals surface area contributed by atoms with Gasteiger partial charge in [0.25, 0.3) is 9.05 Å². The van der Waals surface area contributed by atoms with Gasteiger partial charge in [0, 0.05) is 17.2 Å². The van der Waals surface area contributed by atoms with E-state index in [4.69, 9.17) is 10.7 Å². The molecule has 0 aliphatic carbocycles. The van der Waals surface area contributed by atoms with Crippen molar-refractivity contribution in [2.24, 2.45) is 0 Å². The van der Waals surface area contributed by atoms with Crippen molar-refractivity contribution < 1.29 is 8.42 Å². The second kappa shape index (κ2) is 3.45. The largest absolute Gasteiger partial charge is 0.321 e. The minimum absolute atomic E-state index is 0.0611. The van der Waals surface area contributed by atoms with Crippen molar-refractivity contribution in [1.82, 2.24) is 9.55 Å². The summed E-state index contributed by atoms with van der Waals surface area (Å²) in [4.78, 5) is 3.71. The molecule has 0 aliphatic heterocycles. The second-order valence-electron chi connectivity index (χ2n) is 2.36. The van der Waals surface area contributed by atoms with Gasteiger partial charge in [-0.2, -0.15) is 0 Å². The minimum atomic E-state index is -3.64. The zero-order chi connectivity index (χ0) is 9.19. The summed E-state index contributed by atoms with van der Waals surface area (Å²) < 4.78 is 23.3. The average Bonchev–Trinajstić information content (AvgIpc) is 2.34. The van der Waals surface area contributed by atoms with E-state index >= 15 is 0 Å². The Morgan fingerprint density at radius 1 is 1.67 bits per heavy atom. The van der Waals surface area contributed by atoms with Crippen LogP contribution in [0, 0.1) is 0 Å². The van der Waals surface area contributed by atoms with Crippen molar-refractivity contribution in [3.05, 3.63) is 12.5 Å². The fourth-order valence-corrected chi connectivity index (χ4v) is 1.91. The van der Waals surface area contributed by atoms with E-state index in [1.54, 1.807) is 0 Å². The number of rotatable bonds is 3. The number of hydrogen-bond acceptors (Lipinski definition) is 3. The van der Waals surface area contributed by atoms with Crippen molar-refractivity contribution in [3.63, 3.8) is 0 Å². The summed E-state index contributed by atoms with van der Waals surface area (Å²) in [6.07, 6.45) is 3.55. The lowest BCUT2D eigenvalue weighted by Crippen LogP contribution is -2.03. The first kappa shape index (κ1) is 9.54. The van der Waals surface area contributed by atoms with Crippen molar-refractivity contribution in [2.45, 2.75) is 24.9 Å². The zero-order valence-corrected chi connectivity index (χ0v) is 8.14. The van der Waals surface area contributed by atoms with Crippen LogP contribution in [0.1, 0.15) is 13.3 Å². The SMILES string of the molecule is CCCn1cncc1S(=O)(=O)Cl. The molecule has 0 atom stereocenters. The summed E-state index contributed by atoms with van der Waals surface area (Å²) in [5.41, 5.74) is 0. The van der Waals surface area contributed by atoms with Crippen LogP contribution in [0.4, 0.5) is 0 Å². The predicted octanol–water partition coefficient (Wildman–Crippen LogP) is 1.22. The molecular formula is C6H9ClN2O2S. The number of aryl methyl sites for hydroxylation is 1. The maximum absolute atomic E-state index is 10.9. The van der Waals surface area contributed by atoms with Gasteiger partial charge in [-0.3, -0.25) is 0 Å². The molecule has 1 aromatic rings. The Morgan fingerprint density at radius 3 is 2.83 bits per heavy atom. The fourth-order valence-electron chi connectivity index (χ4n) is 0.920. The van der Waals surface area contributed by atoms with Crippen LogP contribution in [0.2, 0.25) is 0 Å². The molecule has 0 saturated heterocycles. The average molecular weight is 209 g/mol. The van der Waals surface area contributed by atoms with Crippen molar-refractivity contribution >= 4 is 19.7 Å². The Kier molecular flexibility index (Phi) is 2.74. The van der Waals surface area contributed by atoms with Gasteiger partial charge in [-0.1, -0.05) is 6.92 Å². The molecule has 0 fully saturated rings. The van der Waals surface area contributed by atoms with Crippen LogP contribution in [-0.2, 0) is 15.6 Å². The second-order valence-corrected chi connectivity index (χ2v) is 4.88. The normalized spacial score (nSPS) is 11.8. The lowest BCUT2D eigenvalue weighted by Gasteiger charge is -2.01. The van der Waals surface area contributed by atoms with E-state index in [0.29, 0.717) is 6.54 Å². The molecule has 0 spiro atoms. The van der Waals surface area contributed by atoms with E-state index in [9.17, 15) is 8.42 Å². The Balaban J connectivity index is 3.08. The van der Waals surface area contributed by atoms with Crippen molar-refractivity contribution in [2.75, 3.05) is 0 Å². The molecule has 12 heavy (non-hydrogen) atoms. The molecule has 0 bridgehead atoms. The first-order chi connectivity index (χ1) is 5.55. The third-order valence-electron chi connectivity index (χ3n) is 1.39. The third-order valence-corrected chi connectivity index (χ3v) is 2.70. The first-order valence-corrected chi connectivity index (χ1v) is 5.81. The highest BCUT2D eigenvalue weighted by molar-refractivity contribution is 8.13. The maximum Gasteiger partial charge on any atom is 0.278 e. The van der Waals surface area contributed by atoms with Crippen LogP contribution >= 0.6 is 10.7 Å². The summed E-state index contributed by atoms with van der Waals surface area (Å²) in [7, 11) is 1.51. The molecule has 0 aliphatic rings. The van der Waals surface area contributed by atoms with E-state index < -0.39 is 9.05 Å². The van der Waals surface area contributed by atoms with E-state index in [-0.39, 0.29) is 5.03 Å². The number of aromatic nitrogens is 2. The van der Waals surface area contributed by atoms with Crippen LogP contribution in [0.3, 0.4) is 0 Å². The number of imidazole rings is 1. The van der Waals surface area contributed by atoms with Gasteiger partial charge in [0.1, 0.15) is 0 Å². The lowest BCUT2D eigenvalue weighted by atomic mass is 10.5. The molecule has 6 heteroatoms. The highest BCUT2D eigenvalue weighted by atomic mass is 35.7. The van der Waals surface area contributed by atoms with Crippen LogP contribution in [-0.4, -0.2) is 18.0 Å². The van der Waals surface area contributed by atoms with Crippen molar-refractivity contribution in [3.8, 4) is 0 Å². The van der Waals surface area contributed by atoms with E-state index in [0.717, 1.165) is 6.42 Å². The van der Waals surface area contributed by atoms with Crippen LogP contribution < -0.4 is 0 Å². The summed E-state index contributed by atoms with van der Waals surface area (Å²) >= 11 is 0. The molecule has 0 aromatic carbocycles. The van der Waals surface area contributed by atoms with Gasteiger partial charge in [0.2, 0.25) is 0 Å². The summed E-state index contributed by atoms with van der Waals surface area (Å²) in [5.74, 6) is 0. The van der Waals surface area contributed by atoms with E-state index in [2.05, 4.69) is 4.98 Å². The molecule has 4 nitrogen and oxygen atoms in total. The van der Waals surface area contributed by atoms with Gasteiger partial charge in [0.15, 0.2) is 5.03 Å². The molecule has 0 saturated carbocycles. The third kappa shape index (κ3) is 1.98. The highest BCUT2D eigenvalue weighted by Gasteiger charge is 2.14. The lowest BCUT2D eigenvalue weighted by molar-refractivity contribution is 0.579. The minimum Gasteiger partial charge on any atom is -0.321 e. The van der Waals surface area contributed by atoms with Crippen LogP contribution in [0.15, 0.2) is 17.6 Å². The highest BCUT2D eigenvalue weighted by Crippen LogP contribution is 2.13. The number of hydrogen-bond donors (Lipinski definition) is 0. The van der Waals surface area contributed by atoms with Gasteiger partial charge < -0.3 is 4.57 Å². The van der Waals surface area contributed by atoms with Gasteiger partial charge in [-0.05, 0) is 6.42 Å².